The molecule has 2 aromatic carbocycles. The molecule has 3 heteroatoms. The summed E-state index contributed by atoms with van der Waals surface area (Å²) in [5.74, 6) is 0. The minimum atomic E-state index is -2.60. The van der Waals surface area contributed by atoms with Gasteiger partial charge in [-0.2, -0.15) is 0 Å². The van der Waals surface area contributed by atoms with Crippen molar-refractivity contribution in [3.05, 3.63) is 70.4 Å². The molecule has 0 unspecified atom stereocenters. The van der Waals surface area contributed by atoms with Gasteiger partial charge in [-0.15, -0.1) is 0 Å². The first kappa shape index (κ1) is 16.5. The molecule has 0 fully saturated rings. The zero-order valence-corrected chi connectivity index (χ0v) is 21.3. The maximum absolute atomic E-state index is 8.09. The van der Waals surface area contributed by atoms with Crippen LogP contribution in [-0.2, 0) is 17.9 Å². The van der Waals surface area contributed by atoms with E-state index in [0.29, 0.717) is 17.0 Å². The number of hydrogen-bond donors (Lipinski definition) is 0. The number of benzene rings is 2. The van der Waals surface area contributed by atoms with Gasteiger partial charge in [-0.25, -0.2) is 9.55 Å². The Morgan fingerprint density at radius 3 is 2.46 bits per heavy atom. The highest BCUT2D eigenvalue weighted by Crippen LogP contribution is 2.48. The molecule has 6 rings (SSSR count). The van der Waals surface area contributed by atoms with E-state index in [1.165, 1.54) is 23.4 Å². The van der Waals surface area contributed by atoms with E-state index >= 15 is 0 Å². The largest absolute Gasteiger partial charge is 0.437 e. The summed E-state index contributed by atoms with van der Waals surface area (Å²) in [6.45, 7) is 5.96. The Morgan fingerprint density at radius 1 is 0.914 bits per heavy atom. The molecule has 35 heavy (non-hydrogen) atoms. The maximum atomic E-state index is 8.09. The fourth-order valence-corrected chi connectivity index (χ4v) is 5.94. The van der Waals surface area contributed by atoms with Crippen LogP contribution in [0.5, 0.6) is 0 Å². The zero-order chi connectivity index (χ0) is 29.9. The molecule has 3 aromatic heterocycles. The third-order valence-electron chi connectivity index (χ3n) is 8.12. The second-order valence-electron chi connectivity index (χ2n) is 11.5. The number of nitrogens with zero attached hydrogens (tertiary/aromatic N) is 2. The van der Waals surface area contributed by atoms with Crippen LogP contribution >= 0.6 is 0 Å². The highest BCUT2D eigenvalue weighted by atomic mass is 16.3. The number of aromatic nitrogens is 2. The summed E-state index contributed by atoms with van der Waals surface area (Å²) in [5, 5.41) is 2.83. The van der Waals surface area contributed by atoms with Gasteiger partial charge in [0.15, 0.2) is 11.8 Å². The van der Waals surface area contributed by atoms with Crippen molar-refractivity contribution < 1.29 is 17.2 Å². The third kappa shape index (κ3) is 3.17. The lowest BCUT2D eigenvalue weighted by atomic mass is 9.62. The van der Waals surface area contributed by atoms with Crippen molar-refractivity contribution in [3.63, 3.8) is 0 Å². The third-order valence-corrected chi connectivity index (χ3v) is 8.12. The standard InChI is InChI=1S/C32H35N2O/c1-18-9-11-22-23-16-21-10-12-24-27(32(6,7)14-13-31(24,4)5)28(21)33-30(23)35-29(22)26(18)25-15-19(2)20(3)17-34(25)8/h9-12,15-17H,13-14H2,1-8H3/q+1/i2D3,3D3. The Morgan fingerprint density at radius 2 is 1.69 bits per heavy atom. The van der Waals surface area contributed by atoms with Crippen LogP contribution in [0, 0.1) is 20.6 Å². The first-order chi connectivity index (χ1) is 18.9. The van der Waals surface area contributed by atoms with Crippen molar-refractivity contribution in [2.75, 3.05) is 0 Å². The molecule has 0 amide bonds. The van der Waals surface area contributed by atoms with Gasteiger partial charge in [-0.1, -0.05) is 52.0 Å². The predicted molar refractivity (Wildman–Crippen MR) is 145 cm³/mol. The van der Waals surface area contributed by atoms with E-state index < -0.39 is 13.7 Å². The molecule has 0 spiro atoms. The van der Waals surface area contributed by atoms with E-state index in [0.717, 1.165) is 45.6 Å². The van der Waals surface area contributed by atoms with E-state index in [2.05, 4.69) is 45.9 Å². The molecular formula is C32H35N2O+. The Labute approximate surface area is 216 Å². The van der Waals surface area contributed by atoms with Gasteiger partial charge in [0.25, 0.3) is 0 Å². The van der Waals surface area contributed by atoms with Crippen LogP contribution in [0.4, 0.5) is 0 Å². The average Bonchev–Trinajstić information content (AvgIpc) is 3.21. The summed E-state index contributed by atoms with van der Waals surface area (Å²) < 4.78 is 56.3. The molecule has 5 aromatic rings. The molecule has 1 aliphatic carbocycles. The predicted octanol–water partition coefficient (Wildman–Crippen LogP) is 7.90. The number of aryl methyl sites for hydroxylation is 4. The van der Waals surface area contributed by atoms with E-state index in [1.807, 2.05) is 19.1 Å². The Balaban J connectivity index is 1.67. The van der Waals surface area contributed by atoms with Crippen LogP contribution in [0.3, 0.4) is 0 Å². The highest BCUT2D eigenvalue weighted by molar-refractivity contribution is 6.11. The van der Waals surface area contributed by atoms with Gasteiger partial charge >= 0.3 is 0 Å². The molecule has 3 heterocycles. The molecule has 0 saturated carbocycles. The number of rotatable bonds is 1. The maximum Gasteiger partial charge on any atom is 0.227 e. The Hall–Kier alpha value is -3.20. The molecule has 0 saturated heterocycles. The molecule has 0 atom stereocenters. The Kier molecular flexibility index (Phi) is 3.37. The number of hydrogen-bond acceptors (Lipinski definition) is 2. The topological polar surface area (TPSA) is 29.9 Å². The summed E-state index contributed by atoms with van der Waals surface area (Å²) in [6.07, 6.45) is 3.60. The fraction of sp³-hybridized carbons (Fsp3) is 0.375. The second kappa shape index (κ2) is 7.16. The number of furan rings is 1. The van der Waals surface area contributed by atoms with Crippen LogP contribution in [0.15, 0.2) is 47.0 Å². The molecule has 178 valence electrons. The van der Waals surface area contributed by atoms with Crippen molar-refractivity contribution >= 4 is 33.0 Å². The van der Waals surface area contributed by atoms with Gasteiger partial charge < -0.3 is 4.42 Å². The molecular weight excluding hydrogens is 428 g/mol. The zero-order valence-electron chi connectivity index (χ0n) is 27.3. The SMILES string of the molecule is [2H]C([2H])([2H])c1cc(-c2c(C)ccc3c2oc2nc4c5c(ccc4cc23)C(C)(C)CCC5(C)C)[n+](C)cc1C([2H])([2H])[2H]. The monoisotopic (exact) mass is 469 g/mol. The lowest BCUT2D eigenvalue weighted by molar-refractivity contribution is -0.660. The highest BCUT2D eigenvalue weighted by Gasteiger charge is 2.38. The van der Waals surface area contributed by atoms with Crippen LogP contribution < -0.4 is 4.57 Å². The van der Waals surface area contributed by atoms with E-state index in [1.54, 1.807) is 11.6 Å². The Bertz CT molecular complexity index is 1890. The quantitative estimate of drug-likeness (QED) is 0.234. The summed E-state index contributed by atoms with van der Waals surface area (Å²) in [5.41, 5.74) is 6.55. The fourth-order valence-electron chi connectivity index (χ4n) is 5.94. The van der Waals surface area contributed by atoms with E-state index in [-0.39, 0.29) is 22.0 Å². The van der Waals surface area contributed by atoms with Gasteiger partial charge in [0.2, 0.25) is 11.4 Å². The average molecular weight is 470 g/mol. The van der Waals surface area contributed by atoms with Gasteiger partial charge in [0, 0.05) is 36.0 Å². The second-order valence-corrected chi connectivity index (χ2v) is 11.5. The molecule has 1 aliphatic rings. The molecule has 0 N–H and O–H groups in total. The summed E-state index contributed by atoms with van der Waals surface area (Å²) in [4.78, 5) is 5.14. The van der Waals surface area contributed by atoms with Crippen molar-refractivity contribution in [2.24, 2.45) is 7.05 Å². The minimum Gasteiger partial charge on any atom is -0.437 e. The van der Waals surface area contributed by atoms with Crippen molar-refractivity contribution in [2.45, 2.75) is 72.0 Å². The molecule has 3 nitrogen and oxygen atoms in total. The van der Waals surface area contributed by atoms with Gasteiger partial charge in [0.05, 0.1) is 11.1 Å². The van der Waals surface area contributed by atoms with E-state index in [4.69, 9.17) is 17.6 Å². The normalized spacial score (nSPS) is 20.1. The van der Waals surface area contributed by atoms with Crippen LogP contribution in [0.25, 0.3) is 44.2 Å². The van der Waals surface area contributed by atoms with Crippen molar-refractivity contribution in [3.8, 4) is 11.3 Å². The van der Waals surface area contributed by atoms with Crippen molar-refractivity contribution in [1.29, 1.82) is 0 Å². The van der Waals surface area contributed by atoms with Gasteiger partial charge in [-0.3, -0.25) is 0 Å². The smallest absolute Gasteiger partial charge is 0.227 e. The van der Waals surface area contributed by atoms with Gasteiger partial charge in [-0.05, 0) is 72.6 Å². The lowest BCUT2D eigenvalue weighted by Crippen LogP contribution is -2.34. The van der Waals surface area contributed by atoms with Crippen LogP contribution in [0.2, 0.25) is 0 Å². The first-order valence-electron chi connectivity index (χ1n) is 15.3. The van der Waals surface area contributed by atoms with E-state index in [9.17, 15) is 0 Å². The lowest BCUT2D eigenvalue weighted by Gasteiger charge is -2.42. The minimum absolute atomic E-state index is 0.0251. The molecule has 0 aliphatic heterocycles. The van der Waals surface area contributed by atoms with Crippen LogP contribution in [-0.4, -0.2) is 4.98 Å². The first-order valence-corrected chi connectivity index (χ1v) is 12.3. The molecule has 0 radical (unpaired) electrons. The summed E-state index contributed by atoms with van der Waals surface area (Å²) in [7, 11) is 1.73. The number of fused-ring (bicyclic) bond motifs is 6. The summed E-state index contributed by atoms with van der Waals surface area (Å²) >= 11 is 0. The number of pyridine rings is 2. The van der Waals surface area contributed by atoms with Crippen molar-refractivity contribution in [1.82, 2.24) is 4.98 Å². The summed E-state index contributed by atoms with van der Waals surface area (Å²) in [6, 6.07) is 12.0. The molecule has 0 bridgehead atoms. The van der Waals surface area contributed by atoms with Gasteiger partial charge in [0.1, 0.15) is 7.05 Å². The van der Waals surface area contributed by atoms with Crippen LogP contribution in [0.1, 0.15) is 76.6 Å².